The Morgan fingerprint density at radius 3 is 2.73 bits per heavy atom. The highest BCUT2D eigenvalue weighted by atomic mass is 16.5. The van der Waals surface area contributed by atoms with E-state index < -0.39 is 0 Å². The SMILES string of the molecule is c1ccc(COc2ccccc2CNC2CCCc3ccccc32)nc1. The number of aryl methyl sites for hydroxylation is 1. The Kier molecular flexibility index (Phi) is 5.27. The van der Waals surface area contributed by atoms with E-state index in [1.807, 2.05) is 30.3 Å². The zero-order valence-electron chi connectivity index (χ0n) is 14.9. The summed E-state index contributed by atoms with van der Waals surface area (Å²) in [6.45, 7) is 1.29. The number of nitrogens with zero attached hydrogens (tertiary/aromatic N) is 1. The molecule has 132 valence electrons. The normalized spacial score (nSPS) is 16.1. The number of benzene rings is 2. The van der Waals surface area contributed by atoms with Gasteiger partial charge >= 0.3 is 0 Å². The first kappa shape index (κ1) is 16.8. The van der Waals surface area contributed by atoms with Crippen LogP contribution in [0.3, 0.4) is 0 Å². The zero-order valence-corrected chi connectivity index (χ0v) is 14.9. The van der Waals surface area contributed by atoms with E-state index in [-0.39, 0.29) is 0 Å². The molecular formula is C23H24N2O. The van der Waals surface area contributed by atoms with Crippen molar-refractivity contribution in [2.24, 2.45) is 0 Å². The molecule has 1 N–H and O–H groups in total. The molecule has 4 rings (SSSR count). The topological polar surface area (TPSA) is 34.1 Å². The molecule has 3 heteroatoms. The van der Waals surface area contributed by atoms with Gasteiger partial charge in [0.2, 0.25) is 0 Å². The van der Waals surface area contributed by atoms with Crippen molar-refractivity contribution in [1.82, 2.24) is 10.3 Å². The molecule has 1 unspecified atom stereocenters. The number of para-hydroxylation sites is 1. The third-order valence-electron chi connectivity index (χ3n) is 4.98. The monoisotopic (exact) mass is 344 g/mol. The largest absolute Gasteiger partial charge is 0.487 e. The number of hydrogen-bond acceptors (Lipinski definition) is 3. The van der Waals surface area contributed by atoms with Gasteiger partial charge in [0.1, 0.15) is 12.4 Å². The van der Waals surface area contributed by atoms with E-state index in [0.717, 1.165) is 18.0 Å². The second-order valence-electron chi connectivity index (χ2n) is 6.74. The molecule has 0 spiro atoms. The fourth-order valence-corrected chi connectivity index (χ4v) is 3.63. The van der Waals surface area contributed by atoms with Crippen LogP contribution >= 0.6 is 0 Å². The second kappa shape index (κ2) is 8.15. The highest BCUT2D eigenvalue weighted by Crippen LogP contribution is 2.30. The van der Waals surface area contributed by atoms with Crippen molar-refractivity contribution in [1.29, 1.82) is 0 Å². The average Bonchev–Trinajstić information content (AvgIpc) is 2.72. The fourth-order valence-electron chi connectivity index (χ4n) is 3.63. The van der Waals surface area contributed by atoms with E-state index in [0.29, 0.717) is 12.6 Å². The summed E-state index contributed by atoms with van der Waals surface area (Å²) in [5.74, 6) is 0.926. The number of rotatable bonds is 6. The van der Waals surface area contributed by atoms with Gasteiger partial charge in [0, 0.05) is 24.3 Å². The summed E-state index contributed by atoms with van der Waals surface area (Å²) in [4.78, 5) is 4.33. The van der Waals surface area contributed by atoms with E-state index in [4.69, 9.17) is 4.74 Å². The van der Waals surface area contributed by atoms with Crippen LogP contribution in [0.4, 0.5) is 0 Å². The van der Waals surface area contributed by atoms with Crippen LogP contribution in [0.25, 0.3) is 0 Å². The number of ether oxygens (including phenoxy) is 1. The summed E-state index contributed by atoms with van der Waals surface area (Å²) in [6, 6.07) is 23.4. The van der Waals surface area contributed by atoms with Crippen LogP contribution in [0.5, 0.6) is 5.75 Å². The van der Waals surface area contributed by atoms with Crippen LogP contribution in [0.1, 0.15) is 41.3 Å². The Bertz CT molecular complexity index is 848. The molecule has 0 aliphatic heterocycles. The lowest BCUT2D eigenvalue weighted by Gasteiger charge is -2.26. The summed E-state index contributed by atoms with van der Waals surface area (Å²) < 4.78 is 6.03. The molecule has 1 aromatic heterocycles. The molecule has 0 saturated carbocycles. The lowest BCUT2D eigenvalue weighted by atomic mass is 9.87. The molecule has 0 saturated heterocycles. The van der Waals surface area contributed by atoms with Crippen molar-refractivity contribution in [3.05, 3.63) is 95.3 Å². The van der Waals surface area contributed by atoms with Crippen LogP contribution in [-0.4, -0.2) is 4.98 Å². The van der Waals surface area contributed by atoms with Crippen LogP contribution in [0.15, 0.2) is 72.9 Å². The predicted molar refractivity (Wildman–Crippen MR) is 104 cm³/mol. The van der Waals surface area contributed by atoms with Crippen molar-refractivity contribution in [3.63, 3.8) is 0 Å². The summed E-state index contributed by atoms with van der Waals surface area (Å²) in [7, 11) is 0. The summed E-state index contributed by atoms with van der Waals surface area (Å²) in [6.07, 6.45) is 5.42. The molecule has 0 radical (unpaired) electrons. The summed E-state index contributed by atoms with van der Waals surface area (Å²) in [5, 5.41) is 3.74. The smallest absolute Gasteiger partial charge is 0.130 e. The molecule has 1 atom stereocenters. The minimum absolute atomic E-state index is 0.420. The standard InChI is InChI=1S/C23H24N2O/c1-3-12-21-18(8-1)10-7-13-22(21)25-16-19-9-2-4-14-23(19)26-17-20-11-5-6-15-24-20/h1-6,8-9,11-12,14-15,22,25H,7,10,13,16-17H2. The number of pyridine rings is 1. The third-order valence-corrected chi connectivity index (χ3v) is 4.98. The molecule has 3 aromatic rings. The van der Waals surface area contributed by atoms with Gasteiger partial charge in [-0.3, -0.25) is 4.98 Å². The third kappa shape index (κ3) is 3.94. The van der Waals surface area contributed by atoms with Gasteiger partial charge in [-0.15, -0.1) is 0 Å². The van der Waals surface area contributed by atoms with Gasteiger partial charge in [0.25, 0.3) is 0 Å². The Balaban J connectivity index is 1.43. The quantitative estimate of drug-likeness (QED) is 0.695. The first-order valence-electron chi connectivity index (χ1n) is 9.32. The molecule has 3 nitrogen and oxygen atoms in total. The van der Waals surface area contributed by atoms with Crippen molar-refractivity contribution in [2.45, 2.75) is 38.5 Å². The maximum absolute atomic E-state index is 6.03. The molecule has 1 heterocycles. The van der Waals surface area contributed by atoms with Gasteiger partial charge in [-0.2, -0.15) is 0 Å². The lowest BCUT2D eigenvalue weighted by molar-refractivity contribution is 0.296. The van der Waals surface area contributed by atoms with Gasteiger partial charge in [-0.05, 0) is 48.6 Å². The van der Waals surface area contributed by atoms with E-state index in [1.165, 1.54) is 36.0 Å². The molecule has 0 bridgehead atoms. The van der Waals surface area contributed by atoms with Gasteiger partial charge in [0.05, 0.1) is 5.69 Å². The van der Waals surface area contributed by atoms with Crippen LogP contribution in [-0.2, 0) is 19.6 Å². The maximum atomic E-state index is 6.03. The Labute approximate surface area is 155 Å². The molecule has 1 aliphatic carbocycles. The van der Waals surface area contributed by atoms with Crippen molar-refractivity contribution < 1.29 is 4.74 Å². The Morgan fingerprint density at radius 2 is 1.81 bits per heavy atom. The molecule has 1 aliphatic rings. The highest BCUT2D eigenvalue weighted by Gasteiger charge is 2.19. The van der Waals surface area contributed by atoms with Crippen molar-refractivity contribution in [2.75, 3.05) is 0 Å². The van der Waals surface area contributed by atoms with Gasteiger partial charge in [0.15, 0.2) is 0 Å². The number of hydrogen-bond donors (Lipinski definition) is 1. The Morgan fingerprint density at radius 1 is 0.962 bits per heavy atom. The van der Waals surface area contributed by atoms with Gasteiger partial charge in [-0.1, -0.05) is 48.5 Å². The molecule has 0 fully saturated rings. The van der Waals surface area contributed by atoms with Crippen LogP contribution < -0.4 is 10.1 Å². The van der Waals surface area contributed by atoms with Crippen molar-refractivity contribution >= 4 is 0 Å². The molecular weight excluding hydrogens is 320 g/mol. The first-order valence-corrected chi connectivity index (χ1v) is 9.32. The summed E-state index contributed by atoms with van der Waals surface area (Å²) >= 11 is 0. The lowest BCUT2D eigenvalue weighted by Crippen LogP contribution is -2.25. The molecule has 0 amide bonds. The minimum Gasteiger partial charge on any atom is -0.487 e. The maximum Gasteiger partial charge on any atom is 0.130 e. The summed E-state index contributed by atoms with van der Waals surface area (Å²) in [5.41, 5.74) is 5.06. The molecule has 26 heavy (non-hydrogen) atoms. The van der Waals surface area contributed by atoms with Gasteiger partial charge in [-0.25, -0.2) is 0 Å². The first-order chi connectivity index (χ1) is 12.9. The number of aromatic nitrogens is 1. The van der Waals surface area contributed by atoms with E-state index in [2.05, 4.69) is 46.7 Å². The van der Waals surface area contributed by atoms with E-state index in [9.17, 15) is 0 Å². The average molecular weight is 344 g/mol. The van der Waals surface area contributed by atoms with Gasteiger partial charge < -0.3 is 10.1 Å². The fraction of sp³-hybridized carbons (Fsp3) is 0.261. The van der Waals surface area contributed by atoms with Crippen molar-refractivity contribution in [3.8, 4) is 5.75 Å². The molecule has 2 aromatic carbocycles. The van der Waals surface area contributed by atoms with E-state index >= 15 is 0 Å². The Hall–Kier alpha value is -2.65. The second-order valence-corrected chi connectivity index (χ2v) is 6.74. The van der Waals surface area contributed by atoms with Crippen LogP contribution in [0, 0.1) is 0 Å². The highest BCUT2D eigenvalue weighted by molar-refractivity contribution is 5.35. The number of fused-ring (bicyclic) bond motifs is 1. The van der Waals surface area contributed by atoms with Crippen LogP contribution in [0.2, 0.25) is 0 Å². The number of nitrogens with one attached hydrogen (secondary N) is 1. The van der Waals surface area contributed by atoms with E-state index in [1.54, 1.807) is 6.20 Å². The zero-order chi connectivity index (χ0) is 17.6. The predicted octanol–water partition coefficient (Wildman–Crippen LogP) is 4.83. The minimum atomic E-state index is 0.420.